The van der Waals surface area contributed by atoms with E-state index >= 15 is 0 Å². The topological polar surface area (TPSA) is 32.3 Å². The maximum absolute atomic E-state index is 12.8. The van der Waals surface area contributed by atoms with Crippen LogP contribution >= 0.6 is 0 Å². The molecule has 1 aromatic rings. The Morgan fingerprint density at radius 2 is 2.05 bits per heavy atom. The number of fused-ring (bicyclic) bond motifs is 1. The van der Waals surface area contributed by atoms with Crippen LogP contribution in [0.1, 0.15) is 45.1 Å². The van der Waals surface area contributed by atoms with E-state index < -0.39 is 0 Å². The molecule has 0 saturated heterocycles. The third-order valence-corrected chi connectivity index (χ3v) is 5.40. The Morgan fingerprint density at radius 3 is 2.81 bits per heavy atom. The van der Waals surface area contributed by atoms with Gasteiger partial charge in [-0.3, -0.25) is 4.79 Å². The van der Waals surface area contributed by atoms with E-state index in [-0.39, 0.29) is 11.3 Å². The standard InChI is InChI=1S/C18H26N2O/c1-18(2)14-8-4-5-10-16(14)20(17(18)21)12-11-13-7-6-9-15(13)19-3/h4-5,8,10,13,15,19H,6-7,9,11-12H2,1-3H3. The quantitative estimate of drug-likeness (QED) is 0.922. The van der Waals surface area contributed by atoms with Crippen LogP contribution in [0.2, 0.25) is 0 Å². The smallest absolute Gasteiger partial charge is 0.237 e. The zero-order valence-electron chi connectivity index (χ0n) is 13.4. The molecule has 21 heavy (non-hydrogen) atoms. The Hall–Kier alpha value is -1.35. The number of carbonyl (C=O) groups excluding carboxylic acids is 1. The zero-order valence-corrected chi connectivity index (χ0v) is 13.4. The van der Waals surface area contributed by atoms with Gasteiger partial charge >= 0.3 is 0 Å². The highest BCUT2D eigenvalue weighted by molar-refractivity contribution is 6.07. The minimum atomic E-state index is -0.380. The number of rotatable bonds is 4. The fourth-order valence-electron chi connectivity index (χ4n) is 4.08. The van der Waals surface area contributed by atoms with Crippen LogP contribution in [0.5, 0.6) is 0 Å². The number of nitrogens with zero attached hydrogens (tertiary/aromatic N) is 1. The Morgan fingerprint density at radius 1 is 1.29 bits per heavy atom. The molecule has 0 bridgehead atoms. The average molecular weight is 286 g/mol. The largest absolute Gasteiger partial charge is 0.317 e. The Kier molecular flexibility index (Phi) is 3.78. The molecular weight excluding hydrogens is 260 g/mol. The number of carbonyl (C=O) groups is 1. The van der Waals surface area contributed by atoms with E-state index in [0.29, 0.717) is 12.0 Å². The molecule has 0 aromatic heterocycles. The molecule has 2 unspecified atom stereocenters. The van der Waals surface area contributed by atoms with Crippen LogP contribution < -0.4 is 10.2 Å². The lowest BCUT2D eigenvalue weighted by Gasteiger charge is -2.24. The Labute approximate surface area is 127 Å². The van der Waals surface area contributed by atoms with Crippen LogP contribution in [-0.2, 0) is 10.2 Å². The van der Waals surface area contributed by atoms with Gasteiger partial charge in [0.1, 0.15) is 0 Å². The highest BCUT2D eigenvalue weighted by Crippen LogP contribution is 2.41. The molecule has 3 nitrogen and oxygen atoms in total. The molecular formula is C18H26N2O. The summed E-state index contributed by atoms with van der Waals surface area (Å²) in [5, 5.41) is 3.43. The van der Waals surface area contributed by atoms with E-state index in [1.165, 1.54) is 24.8 Å². The van der Waals surface area contributed by atoms with Crippen LogP contribution in [0.15, 0.2) is 24.3 Å². The summed E-state index contributed by atoms with van der Waals surface area (Å²) >= 11 is 0. The highest BCUT2D eigenvalue weighted by atomic mass is 16.2. The molecule has 0 spiro atoms. The first kappa shape index (κ1) is 14.6. The SMILES string of the molecule is CNC1CCCC1CCN1C(=O)C(C)(C)c2ccccc21. The molecule has 3 heteroatoms. The first-order chi connectivity index (χ1) is 10.1. The normalized spacial score (nSPS) is 27.2. The second-order valence-corrected chi connectivity index (χ2v) is 6.97. The fraction of sp³-hybridized carbons (Fsp3) is 0.611. The summed E-state index contributed by atoms with van der Waals surface area (Å²) in [6, 6.07) is 8.88. The lowest BCUT2D eigenvalue weighted by Crippen LogP contribution is -2.38. The van der Waals surface area contributed by atoms with Crippen LogP contribution in [-0.4, -0.2) is 25.5 Å². The molecule has 1 heterocycles. The summed E-state index contributed by atoms with van der Waals surface area (Å²) < 4.78 is 0. The van der Waals surface area contributed by atoms with Gasteiger partial charge in [-0.05, 0) is 57.7 Å². The van der Waals surface area contributed by atoms with Crippen LogP contribution in [0, 0.1) is 5.92 Å². The maximum atomic E-state index is 12.8. The number of benzene rings is 1. The van der Waals surface area contributed by atoms with Crippen LogP contribution in [0.25, 0.3) is 0 Å². The predicted molar refractivity (Wildman–Crippen MR) is 86.6 cm³/mol. The van der Waals surface area contributed by atoms with E-state index in [4.69, 9.17) is 0 Å². The minimum absolute atomic E-state index is 0.253. The van der Waals surface area contributed by atoms with Crippen molar-refractivity contribution < 1.29 is 4.79 Å². The van der Waals surface area contributed by atoms with Gasteiger partial charge in [0.15, 0.2) is 0 Å². The first-order valence-corrected chi connectivity index (χ1v) is 8.14. The molecule has 1 N–H and O–H groups in total. The van der Waals surface area contributed by atoms with Crippen molar-refractivity contribution in [3.05, 3.63) is 29.8 Å². The highest BCUT2D eigenvalue weighted by Gasteiger charge is 2.43. The third-order valence-electron chi connectivity index (χ3n) is 5.40. The van der Waals surface area contributed by atoms with Gasteiger partial charge < -0.3 is 10.2 Å². The van der Waals surface area contributed by atoms with Crippen molar-refractivity contribution >= 4 is 11.6 Å². The molecule has 0 radical (unpaired) electrons. The number of amides is 1. The zero-order chi connectivity index (χ0) is 15.0. The summed E-state index contributed by atoms with van der Waals surface area (Å²) in [6.07, 6.45) is 4.98. The van der Waals surface area contributed by atoms with Crippen molar-refractivity contribution in [1.82, 2.24) is 5.32 Å². The van der Waals surface area contributed by atoms with Crippen LogP contribution in [0.4, 0.5) is 5.69 Å². The molecule has 1 fully saturated rings. The second-order valence-electron chi connectivity index (χ2n) is 6.97. The van der Waals surface area contributed by atoms with Crippen molar-refractivity contribution in [3.63, 3.8) is 0 Å². The molecule has 1 aromatic carbocycles. The molecule has 1 amide bonds. The van der Waals surface area contributed by atoms with E-state index in [0.717, 1.165) is 18.7 Å². The van der Waals surface area contributed by atoms with Crippen LogP contribution in [0.3, 0.4) is 0 Å². The summed E-state index contributed by atoms with van der Waals surface area (Å²) in [7, 11) is 2.06. The third kappa shape index (κ3) is 2.38. The monoisotopic (exact) mass is 286 g/mol. The predicted octanol–water partition coefficient (Wildman–Crippen LogP) is 3.09. The van der Waals surface area contributed by atoms with Crippen molar-refractivity contribution in [2.45, 2.75) is 51.0 Å². The minimum Gasteiger partial charge on any atom is -0.317 e. The first-order valence-electron chi connectivity index (χ1n) is 8.14. The Balaban J connectivity index is 1.76. The number of para-hydroxylation sites is 1. The van der Waals surface area contributed by atoms with Gasteiger partial charge in [0.25, 0.3) is 0 Å². The van der Waals surface area contributed by atoms with Crippen molar-refractivity contribution in [2.24, 2.45) is 5.92 Å². The van der Waals surface area contributed by atoms with Gasteiger partial charge in [-0.25, -0.2) is 0 Å². The molecule has 3 rings (SSSR count). The van der Waals surface area contributed by atoms with Gasteiger partial charge in [0.2, 0.25) is 5.91 Å². The lowest BCUT2D eigenvalue weighted by molar-refractivity contribution is -0.122. The molecule has 2 atom stereocenters. The summed E-state index contributed by atoms with van der Waals surface area (Å²) in [6.45, 7) is 4.93. The molecule has 114 valence electrons. The van der Waals surface area contributed by atoms with E-state index in [9.17, 15) is 4.79 Å². The molecule has 2 aliphatic rings. The molecule has 1 aliphatic heterocycles. The lowest BCUT2D eigenvalue weighted by atomic mass is 9.86. The number of hydrogen-bond donors (Lipinski definition) is 1. The average Bonchev–Trinajstić information content (AvgIpc) is 3.01. The summed E-state index contributed by atoms with van der Waals surface area (Å²) in [5.41, 5.74) is 1.91. The molecule has 1 aliphatic carbocycles. The van der Waals surface area contributed by atoms with E-state index in [1.807, 2.05) is 30.9 Å². The second kappa shape index (κ2) is 5.45. The number of hydrogen-bond acceptors (Lipinski definition) is 2. The van der Waals surface area contributed by atoms with Gasteiger partial charge in [0.05, 0.1) is 5.41 Å². The van der Waals surface area contributed by atoms with Crippen molar-refractivity contribution in [2.75, 3.05) is 18.5 Å². The summed E-state index contributed by atoms with van der Waals surface area (Å²) in [5.74, 6) is 0.960. The van der Waals surface area contributed by atoms with Gasteiger partial charge in [-0.2, -0.15) is 0 Å². The summed E-state index contributed by atoms with van der Waals surface area (Å²) in [4.78, 5) is 14.8. The number of anilines is 1. The van der Waals surface area contributed by atoms with Crippen molar-refractivity contribution in [1.29, 1.82) is 0 Å². The van der Waals surface area contributed by atoms with E-state index in [2.05, 4.69) is 24.5 Å². The van der Waals surface area contributed by atoms with E-state index in [1.54, 1.807) is 0 Å². The molecule has 1 saturated carbocycles. The van der Waals surface area contributed by atoms with Gasteiger partial charge in [-0.1, -0.05) is 24.6 Å². The fourth-order valence-corrected chi connectivity index (χ4v) is 4.08. The maximum Gasteiger partial charge on any atom is 0.237 e. The van der Waals surface area contributed by atoms with Gasteiger partial charge in [0, 0.05) is 18.3 Å². The number of nitrogens with one attached hydrogen (secondary N) is 1. The Bertz CT molecular complexity index is 538. The van der Waals surface area contributed by atoms with Crippen molar-refractivity contribution in [3.8, 4) is 0 Å². The van der Waals surface area contributed by atoms with Gasteiger partial charge in [-0.15, -0.1) is 0 Å².